The van der Waals surface area contributed by atoms with Crippen molar-refractivity contribution < 1.29 is 19.4 Å². The van der Waals surface area contributed by atoms with Crippen LogP contribution in [0.4, 0.5) is 0 Å². The summed E-state index contributed by atoms with van der Waals surface area (Å²) in [6.45, 7) is 3.08. The average molecular weight is 327 g/mol. The second-order valence-electron chi connectivity index (χ2n) is 5.23. The van der Waals surface area contributed by atoms with Gasteiger partial charge in [-0.3, -0.25) is 4.79 Å². The Kier molecular flexibility index (Phi) is 2.96. The number of ether oxygens (including phenoxy) is 2. The third-order valence-electron chi connectivity index (χ3n) is 3.90. The zero-order valence-corrected chi connectivity index (χ0v) is 12.2. The normalized spacial score (nSPS) is 19.1. The van der Waals surface area contributed by atoms with Crippen molar-refractivity contribution in [2.45, 2.75) is 31.6 Å². The number of benzene rings is 1. The summed E-state index contributed by atoms with van der Waals surface area (Å²) < 4.78 is 12.2. The molecule has 0 radical (unpaired) electrons. The van der Waals surface area contributed by atoms with E-state index >= 15 is 0 Å². The number of hydrogen-bond acceptors (Lipinski definition) is 3. The summed E-state index contributed by atoms with van der Waals surface area (Å²) in [5.74, 6) is 0.755. The van der Waals surface area contributed by atoms with Gasteiger partial charge in [-0.15, -0.1) is 0 Å². The zero-order chi connectivity index (χ0) is 13.6. The smallest absolute Gasteiger partial charge is 0.304 e. The van der Waals surface area contributed by atoms with Gasteiger partial charge in [0.15, 0.2) is 11.5 Å². The molecule has 0 saturated heterocycles. The van der Waals surface area contributed by atoms with Gasteiger partial charge in [0, 0.05) is 9.89 Å². The molecule has 1 heterocycles. The molecule has 0 spiro atoms. The number of halogens is 1. The zero-order valence-electron chi connectivity index (χ0n) is 10.7. The SMILES string of the molecule is Cc1c2c(cc(Br)c1C1(CC(=O)O)CC1)OCCO2. The lowest BCUT2D eigenvalue weighted by molar-refractivity contribution is -0.137. The first-order valence-electron chi connectivity index (χ1n) is 6.34. The molecule has 1 aromatic carbocycles. The summed E-state index contributed by atoms with van der Waals surface area (Å²) in [7, 11) is 0. The van der Waals surface area contributed by atoms with Crippen LogP contribution in [0.5, 0.6) is 11.5 Å². The highest BCUT2D eigenvalue weighted by Gasteiger charge is 2.48. The second-order valence-corrected chi connectivity index (χ2v) is 6.09. The standard InChI is InChI=1S/C14H15BrO4/c1-8-12(14(2-3-14)7-11(16)17)9(15)6-10-13(8)19-5-4-18-10/h6H,2-5,7H2,1H3,(H,16,17). The minimum absolute atomic E-state index is 0.173. The van der Waals surface area contributed by atoms with Crippen LogP contribution >= 0.6 is 15.9 Å². The van der Waals surface area contributed by atoms with E-state index in [0.717, 1.165) is 39.9 Å². The largest absolute Gasteiger partial charge is 0.486 e. The molecule has 1 aliphatic carbocycles. The van der Waals surface area contributed by atoms with Crippen molar-refractivity contribution in [2.75, 3.05) is 13.2 Å². The Morgan fingerprint density at radius 1 is 1.42 bits per heavy atom. The molecule has 19 heavy (non-hydrogen) atoms. The maximum Gasteiger partial charge on any atom is 0.304 e. The van der Waals surface area contributed by atoms with Crippen molar-refractivity contribution in [3.05, 3.63) is 21.7 Å². The highest BCUT2D eigenvalue weighted by atomic mass is 79.9. The molecule has 1 aromatic rings. The van der Waals surface area contributed by atoms with E-state index in [-0.39, 0.29) is 11.8 Å². The highest BCUT2D eigenvalue weighted by molar-refractivity contribution is 9.10. The van der Waals surface area contributed by atoms with Gasteiger partial charge in [0.1, 0.15) is 13.2 Å². The third kappa shape index (κ3) is 2.10. The van der Waals surface area contributed by atoms with Crippen LogP contribution < -0.4 is 9.47 Å². The van der Waals surface area contributed by atoms with E-state index in [1.807, 2.05) is 13.0 Å². The molecule has 1 saturated carbocycles. The Balaban J connectivity index is 2.09. The predicted octanol–water partition coefficient (Wildman–Crippen LogP) is 3.04. The first-order valence-corrected chi connectivity index (χ1v) is 7.14. The van der Waals surface area contributed by atoms with E-state index in [1.165, 1.54) is 0 Å². The van der Waals surface area contributed by atoms with Crippen molar-refractivity contribution in [1.29, 1.82) is 0 Å². The van der Waals surface area contributed by atoms with Crippen LogP contribution in [0.15, 0.2) is 10.5 Å². The fraction of sp³-hybridized carbons (Fsp3) is 0.500. The lowest BCUT2D eigenvalue weighted by atomic mass is 9.88. The molecule has 0 unspecified atom stereocenters. The molecule has 4 nitrogen and oxygen atoms in total. The molecule has 1 fully saturated rings. The van der Waals surface area contributed by atoms with Crippen LogP contribution in [0.3, 0.4) is 0 Å². The summed E-state index contributed by atoms with van der Waals surface area (Å²) >= 11 is 3.56. The molecule has 5 heteroatoms. The number of carbonyl (C=O) groups is 1. The second kappa shape index (κ2) is 4.40. The highest BCUT2D eigenvalue weighted by Crippen LogP contribution is 2.56. The minimum Gasteiger partial charge on any atom is -0.486 e. The van der Waals surface area contributed by atoms with Gasteiger partial charge in [-0.05, 0) is 37.0 Å². The van der Waals surface area contributed by atoms with E-state index in [9.17, 15) is 4.79 Å². The average Bonchev–Trinajstić information content (AvgIpc) is 3.08. The first kappa shape index (κ1) is 12.8. The van der Waals surface area contributed by atoms with E-state index < -0.39 is 5.97 Å². The summed E-state index contributed by atoms with van der Waals surface area (Å²) in [5.41, 5.74) is 1.84. The molecule has 0 bridgehead atoms. The van der Waals surface area contributed by atoms with Crippen LogP contribution in [0, 0.1) is 6.92 Å². The number of aliphatic carboxylic acids is 1. The molecule has 3 rings (SSSR count). The monoisotopic (exact) mass is 326 g/mol. The number of hydrogen-bond donors (Lipinski definition) is 1. The lowest BCUT2D eigenvalue weighted by Crippen LogP contribution is -2.20. The van der Waals surface area contributed by atoms with Gasteiger partial charge in [0.2, 0.25) is 0 Å². The molecule has 1 aliphatic heterocycles. The Hall–Kier alpha value is -1.23. The van der Waals surface area contributed by atoms with E-state index in [2.05, 4.69) is 15.9 Å². The summed E-state index contributed by atoms with van der Waals surface area (Å²) in [4.78, 5) is 11.1. The Morgan fingerprint density at radius 3 is 2.74 bits per heavy atom. The molecule has 102 valence electrons. The maximum atomic E-state index is 11.1. The Labute approximate surface area is 119 Å². The molecule has 0 aromatic heterocycles. The van der Waals surface area contributed by atoms with Crippen LogP contribution in [-0.2, 0) is 10.2 Å². The first-order chi connectivity index (χ1) is 9.03. The summed E-state index contributed by atoms with van der Waals surface area (Å²) in [5, 5.41) is 9.10. The topological polar surface area (TPSA) is 55.8 Å². The van der Waals surface area contributed by atoms with Gasteiger partial charge in [-0.25, -0.2) is 0 Å². The molecule has 0 atom stereocenters. The number of carboxylic acids is 1. The predicted molar refractivity (Wildman–Crippen MR) is 73.0 cm³/mol. The fourth-order valence-electron chi connectivity index (χ4n) is 2.92. The van der Waals surface area contributed by atoms with Crippen LogP contribution in [0.1, 0.15) is 30.4 Å². The van der Waals surface area contributed by atoms with Crippen molar-refractivity contribution in [3.8, 4) is 11.5 Å². The van der Waals surface area contributed by atoms with Crippen molar-refractivity contribution in [2.24, 2.45) is 0 Å². The van der Waals surface area contributed by atoms with Crippen molar-refractivity contribution in [3.63, 3.8) is 0 Å². The van der Waals surface area contributed by atoms with Crippen LogP contribution in [-0.4, -0.2) is 24.3 Å². The van der Waals surface area contributed by atoms with Gasteiger partial charge in [0.05, 0.1) is 6.42 Å². The van der Waals surface area contributed by atoms with Gasteiger partial charge in [-0.1, -0.05) is 15.9 Å². The minimum atomic E-state index is -0.751. The summed E-state index contributed by atoms with van der Waals surface area (Å²) in [6.07, 6.45) is 2.00. The third-order valence-corrected chi connectivity index (χ3v) is 4.52. The van der Waals surface area contributed by atoms with Gasteiger partial charge in [0.25, 0.3) is 0 Å². The molecular formula is C14H15BrO4. The number of rotatable bonds is 3. The molecule has 1 N–H and O–H groups in total. The lowest BCUT2D eigenvalue weighted by Gasteiger charge is -2.26. The molecular weight excluding hydrogens is 312 g/mol. The van der Waals surface area contributed by atoms with Crippen molar-refractivity contribution in [1.82, 2.24) is 0 Å². The number of fused-ring (bicyclic) bond motifs is 1. The Bertz CT molecular complexity index is 549. The van der Waals surface area contributed by atoms with Gasteiger partial charge < -0.3 is 14.6 Å². The molecule has 0 amide bonds. The summed E-state index contributed by atoms with van der Waals surface area (Å²) in [6, 6.07) is 1.90. The van der Waals surface area contributed by atoms with Crippen LogP contribution in [0.2, 0.25) is 0 Å². The van der Waals surface area contributed by atoms with Crippen molar-refractivity contribution >= 4 is 21.9 Å². The maximum absolute atomic E-state index is 11.1. The van der Waals surface area contributed by atoms with E-state index in [1.54, 1.807) is 0 Å². The number of carboxylic acid groups (broad SMARTS) is 1. The van der Waals surface area contributed by atoms with Crippen LogP contribution in [0.25, 0.3) is 0 Å². The van der Waals surface area contributed by atoms with E-state index in [0.29, 0.717) is 13.2 Å². The fourth-order valence-corrected chi connectivity index (χ4v) is 3.84. The molecule has 2 aliphatic rings. The van der Waals surface area contributed by atoms with E-state index in [4.69, 9.17) is 14.6 Å². The van der Waals surface area contributed by atoms with Gasteiger partial charge in [-0.2, -0.15) is 0 Å². The quantitative estimate of drug-likeness (QED) is 0.927. The van der Waals surface area contributed by atoms with Gasteiger partial charge >= 0.3 is 5.97 Å². The Morgan fingerprint density at radius 2 is 2.11 bits per heavy atom.